The average molecular weight is 1100 g/mol. The van der Waals surface area contributed by atoms with Crippen LogP contribution in [0.4, 0.5) is 28.4 Å². The number of nitrogens with two attached hydrogens (primary N) is 1. The number of hydrogen-bond donors (Lipinski definition) is 2. The second-order valence-electron chi connectivity index (χ2n) is 11.8. The minimum Gasteiger partial charge on any atom is -0.744 e. The quantitative estimate of drug-likeness (QED) is 0.00849. The summed E-state index contributed by atoms with van der Waals surface area (Å²) in [6, 6.07) is 6.15. The molecule has 3 N–H and O–H groups in total. The van der Waals surface area contributed by atoms with Gasteiger partial charge in [0.25, 0.3) is 0 Å². The summed E-state index contributed by atoms with van der Waals surface area (Å²) in [6.45, 7) is 1.32. The number of hydrogen-bond acceptors (Lipinski definition) is 28. The normalized spacial score (nSPS) is 11.9. The summed E-state index contributed by atoms with van der Waals surface area (Å²) in [5, 5.41) is 53.6. The molecule has 0 saturated carbocycles. The Morgan fingerprint density at radius 1 is 0.672 bits per heavy atom. The standard InChI is InChI=1S/C30H33N5O21S6.CH4.4Na/c1-15-9-18(21(49-3)13-25(15)60(41,42)8-6-52-62(46,47)48)32-34-20-12-26(61(43,44)45)17-11-23(57-55-53-37)29(30(36)27(17)28(20)31)35-33-19-10-16(2)24(14-22(19)50-4)59(39,40)7-5-51-58-56-54-38;;;;;/h9-14,36-38H,5-8,31H2,1-4H3,(H,43,44,45)(H,46,47,48);1H4;;;;/q;;4*+1/p-4. The molecular weight excluding hydrogens is 1060 g/mol. The number of aromatic hydroxyl groups is 1. The van der Waals surface area contributed by atoms with E-state index >= 15 is 0 Å². The maximum Gasteiger partial charge on any atom is 1.00 e. The Bertz CT molecular complexity index is 2870. The van der Waals surface area contributed by atoms with Gasteiger partial charge >= 0.3 is 118 Å². The Kier molecular flexibility index (Phi) is 30.8. The van der Waals surface area contributed by atoms with E-state index in [-0.39, 0.29) is 199 Å². The third-order valence-electron chi connectivity index (χ3n) is 8.00. The molecule has 348 valence electrons. The van der Waals surface area contributed by atoms with Crippen molar-refractivity contribution in [2.45, 2.75) is 40.9 Å². The van der Waals surface area contributed by atoms with E-state index in [1.807, 2.05) is 0 Å². The molecule has 0 atom stereocenters. The summed E-state index contributed by atoms with van der Waals surface area (Å²) in [5.41, 5.74) is 4.59. The predicted octanol–water partition coefficient (Wildman–Crippen LogP) is -8.79. The molecule has 0 fully saturated rings. The second kappa shape index (κ2) is 30.0. The molecule has 0 saturated heterocycles. The molecule has 0 unspecified atom stereocenters. The van der Waals surface area contributed by atoms with Crippen LogP contribution in [0, 0.1) is 13.8 Å². The van der Waals surface area contributed by atoms with E-state index in [1.54, 1.807) is 0 Å². The number of sulfone groups is 2. The molecule has 0 spiro atoms. The van der Waals surface area contributed by atoms with Crippen LogP contribution in [0.5, 0.6) is 17.2 Å². The number of aryl methyl sites for hydroxylation is 2. The fraction of sp³-hybridized carbons (Fsp3) is 0.290. The Labute approximate surface area is 481 Å². The average Bonchev–Trinajstić information content (AvgIpc) is 3.18. The van der Waals surface area contributed by atoms with E-state index in [2.05, 4.69) is 43.4 Å². The largest absolute Gasteiger partial charge is 1.00 e. The Hall–Kier alpha value is -0.360. The Balaban J connectivity index is 0. The van der Waals surface area contributed by atoms with Crippen molar-refractivity contribution in [3.8, 4) is 17.2 Å². The van der Waals surface area contributed by atoms with Crippen LogP contribution in [0.3, 0.4) is 0 Å². The van der Waals surface area contributed by atoms with Crippen molar-refractivity contribution in [2.75, 3.05) is 44.7 Å². The third kappa shape index (κ3) is 18.6. The molecule has 26 nitrogen and oxygen atoms in total. The van der Waals surface area contributed by atoms with Crippen LogP contribution < -0.4 is 144 Å². The monoisotopic (exact) mass is 1090 g/mol. The molecule has 0 radical (unpaired) electrons. The van der Waals surface area contributed by atoms with E-state index in [9.17, 15) is 58.4 Å². The van der Waals surface area contributed by atoms with Gasteiger partial charge in [0.2, 0.25) is 10.4 Å². The molecule has 0 aliphatic heterocycles. The number of anilines is 1. The zero-order valence-corrected chi connectivity index (χ0v) is 48.6. The number of nitrogens with zero attached hydrogens (tertiary/aromatic N) is 4. The van der Waals surface area contributed by atoms with Gasteiger partial charge in [0.1, 0.15) is 44.4 Å². The molecule has 0 bridgehead atoms. The first-order valence-corrected chi connectivity index (χ1v) is 23.7. The van der Waals surface area contributed by atoms with E-state index in [4.69, 9.17) is 19.4 Å². The summed E-state index contributed by atoms with van der Waals surface area (Å²) in [7, 11) is -16.6. The van der Waals surface area contributed by atoms with Crippen LogP contribution in [0.15, 0.2) is 76.4 Å². The number of ether oxygens (including phenoxy) is 2. The zero-order valence-electron chi connectivity index (χ0n) is 35.7. The molecule has 0 aromatic heterocycles. The molecule has 4 rings (SSSR count). The van der Waals surface area contributed by atoms with Gasteiger partial charge in [0.05, 0.1) is 81.6 Å². The van der Waals surface area contributed by atoms with Crippen molar-refractivity contribution in [1.82, 2.24) is 0 Å². The smallest absolute Gasteiger partial charge is 0.744 e. The van der Waals surface area contributed by atoms with Crippen LogP contribution in [-0.2, 0) is 67.3 Å². The second-order valence-corrected chi connectivity index (χ2v) is 19.7. The molecule has 0 aliphatic carbocycles. The van der Waals surface area contributed by atoms with Crippen LogP contribution >= 0.6 is 24.4 Å². The van der Waals surface area contributed by atoms with Gasteiger partial charge in [-0.15, -0.1) is 24.8 Å². The number of nitrogen functional groups attached to an aromatic ring is 1. The first kappa shape index (κ1) is 68.7. The SMILES string of the molecule is C.COc1cc(S(=O)(=O)CCOS(=O)(=O)[O-])c(C)cc1N=Nc1cc(S(=O)(=O)[O-])c2cc(SOO[O-])c(N=Nc3cc(C)c(S(=O)(=O)CCOSOO[O-])cc3OC)c(O)c2c1N.[Na+].[Na+].[Na+].[Na+]. The van der Waals surface area contributed by atoms with Crippen LogP contribution in [0.1, 0.15) is 18.6 Å². The van der Waals surface area contributed by atoms with Gasteiger partial charge in [-0.1, -0.05) is 7.43 Å². The Morgan fingerprint density at radius 2 is 1.15 bits per heavy atom. The zero-order chi connectivity index (χ0) is 46.2. The van der Waals surface area contributed by atoms with Crippen molar-refractivity contribution >= 4 is 104 Å². The third-order valence-corrected chi connectivity index (χ3v) is 14.0. The van der Waals surface area contributed by atoms with Gasteiger partial charge in [0, 0.05) is 17.5 Å². The van der Waals surface area contributed by atoms with Gasteiger partial charge in [-0.3, -0.25) is 18.4 Å². The molecule has 0 amide bonds. The number of benzene rings is 4. The van der Waals surface area contributed by atoms with Crippen molar-refractivity contribution < 1.29 is 213 Å². The summed E-state index contributed by atoms with van der Waals surface area (Å²) in [6.07, 6.45) is 0. The summed E-state index contributed by atoms with van der Waals surface area (Å²) in [5.74, 6) is -2.85. The summed E-state index contributed by atoms with van der Waals surface area (Å²) < 4.78 is 150. The van der Waals surface area contributed by atoms with E-state index in [1.165, 1.54) is 27.0 Å². The molecule has 4 aromatic rings. The first-order chi connectivity index (χ1) is 29.0. The molecule has 0 heterocycles. The number of phenolic OH excluding ortho intramolecular Hbond substituents is 1. The van der Waals surface area contributed by atoms with Crippen LogP contribution in [0.25, 0.3) is 10.8 Å². The van der Waals surface area contributed by atoms with Crippen molar-refractivity contribution in [2.24, 2.45) is 20.5 Å². The van der Waals surface area contributed by atoms with Gasteiger partial charge in [-0.25, -0.2) is 33.7 Å². The van der Waals surface area contributed by atoms with Crippen molar-refractivity contribution in [1.29, 1.82) is 0 Å². The van der Waals surface area contributed by atoms with Gasteiger partial charge in [-0.05, 0) is 49.2 Å². The van der Waals surface area contributed by atoms with Gasteiger partial charge < -0.3 is 39.9 Å². The molecule has 0 aliphatic rings. The predicted molar refractivity (Wildman–Crippen MR) is 212 cm³/mol. The minimum atomic E-state index is -5.45. The van der Waals surface area contributed by atoms with E-state index < -0.39 is 103 Å². The van der Waals surface area contributed by atoms with Gasteiger partial charge in [0.15, 0.2) is 37.7 Å². The van der Waals surface area contributed by atoms with Gasteiger partial charge in [-0.2, -0.15) is 4.33 Å². The van der Waals surface area contributed by atoms with Crippen molar-refractivity contribution in [3.05, 3.63) is 47.5 Å². The molecule has 67 heavy (non-hydrogen) atoms. The fourth-order valence-electron chi connectivity index (χ4n) is 5.36. The van der Waals surface area contributed by atoms with E-state index in [0.717, 1.165) is 31.4 Å². The van der Waals surface area contributed by atoms with E-state index in [0.29, 0.717) is 6.07 Å². The van der Waals surface area contributed by atoms with Crippen molar-refractivity contribution in [3.63, 3.8) is 0 Å². The number of rotatable bonds is 22. The topological polar surface area (TPSA) is 398 Å². The summed E-state index contributed by atoms with van der Waals surface area (Å²) >= 11 is 0.214. The summed E-state index contributed by atoms with van der Waals surface area (Å²) in [4.78, 5) is -1.98. The number of azo groups is 2. The number of fused-ring (bicyclic) bond motifs is 1. The van der Waals surface area contributed by atoms with Crippen LogP contribution in [-0.4, -0.2) is 86.8 Å². The number of phenols is 1. The molecule has 4 aromatic carbocycles. The maximum absolute atomic E-state index is 13.0. The molecule has 36 heteroatoms. The number of methoxy groups -OCH3 is 2. The van der Waals surface area contributed by atoms with Crippen LogP contribution in [0.2, 0.25) is 0 Å². The fourth-order valence-corrected chi connectivity index (χ4v) is 9.96. The Morgan fingerprint density at radius 3 is 1.61 bits per heavy atom. The minimum absolute atomic E-state index is 0. The molecular formula is C31H33N5Na4O21S6. The first-order valence-electron chi connectivity index (χ1n) is 16.2. The maximum atomic E-state index is 13.0.